The first-order valence-electron chi connectivity index (χ1n) is 26.3. The van der Waals surface area contributed by atoms with Gasteiger partial charge in [0.25, 0.3) is 11.8 Å². The zero-order valence-electron chi connectivity index (χ0n) is 41.0. The number of halogens is 1. The van der Waals surface area contributed by atoms with Crippen molar-refractivity contribution in [3.63, 3.8) is 0 Å². The molecule has 0 radical (unpaired) electrons. The van der Waals surface area contributed by atoms with Gasteiger partial charge in [-0.1, -0.05) is 25.1 Å². The number of carbonyl (C=O) groups is 4. The van der Waals surface area contributed by atoms with Gasteiger partial charge >= 0.3 is 6.01 Å². The molecular formula is C55H63FN10O6. The number of ether oxygens (including phenoxy) is 1. The molecule has 17 heteroatoms. The Kier molecular flexibility index (Phi) is 12.3. The molecule has 6 saturated heterocycles. The molecule has 376 valence electrons. The van der Waals surface area contributed by atoms with Crippen molar-refractivity contribution in [2.75, 3.05) is 81.9 Å². The third kappa shape index (κ3) is 8.70. The molecule has 2 bridgehead atoms. The summed E-state index contributed by atoms with van der Waals surface area (Å²) in [6.45, 7) is 11.8. The van der Waals surface area contributed by atoms with Crippen LogP contribution in [0.1, 0.15) is 97.4 Å². The maximum absolute atomic E-state index is 17.1. The minimum absolute atomic E-state index is 0.0516. The van der Waals surface area contributed by atoms with Crippen LogP contribution in [-0.4, -0.2) is 149 Å². The Morgan fingerprint density at radius 1 is 0.806 bits per heavy atom. The highest BCUT2D eigenvalue weighted by atomic mass is 19.1. The van der Waals surface area contributed by atoms with Crippen LogP contribution in [0.3, 0.4) is 0 Å². The number of anilines is 2. The summed E-state index contributed by atoms with van der Waals surface area (Å²) in [5.41, 5.74) is 3.81. The molecule has 1 spiro atoms. The molecule has 7 aliphatic rings. The summed E-state index contributed by atoms with van der Waals surface area (Å²) in [5.74, 6) is -1.20. The summed E-state index contributed by atoms with van der Waals surface area (Å²) < 4.78 is 23.5. The zero-order chi connectivity index (χ0) is 49.3. The van der Waals surface area contributed by atoms with Crippen molar-refractivity contribution in [3.8, 4) is 23.0 Å². The largest absolute Gasteiger partial charge is 0.508 e. The van der Waals surface area contributed by atoms with E-state index in [9.17, 15) is 24.3 Å². The number of phenols is 1. The molecule has 7 aliphatic heterocycles. The monoisotopic (exact) mass is 978 g/mol. The van der Waals surface area contributed by atoms with Crippen molar-refractivity contribution in [2.24, 2.45) is 11.3 Å². The van der Waals surface area contributed by atoms with E-state index in [2.05, 4.69) is 37.2 Å². The molecule has 72 heavy (non-hydrogen) atoms. The Bertz CT molecular complexity index is 2970. The van der Waals surface area contributed by atoms with Crippen LogP contribution in [0, 0.1) is 17.2 Å². The Labute approximate surface area is 418 Å². The average molecular weight is 979 g/mol. The number of nitrogens with zero attached hydrogens (tertiary/aromatic N) is 8. The van der Waals surface area contributed by atoms with E-state index in [0.29, 0.717) is 57.9 Å². The van der Waals surface area contributed by atoms with Crippen LogP contribution in [0.25, 0.3) is 32.9 Å². The molecule has 0 saturated carbocycles. The van der Waals surface area contributed by atoms with E-state index in [0.717, 1.165) is 137 Å². The highest BCUT2D eigenvalue weighted by molar-refractivity contribution is 6.23. The topological polar surface area (TPSA) is 177 Å². The van der Waals surface area contributed by atoms with E-state index < -0.39 is 29.6 Å². The predicted molar refractivity (Wildman–Crippen MR) is 271 cm³/mol. The molecule has 6 fully saturated rings. The number of piperidine rings is 4. The second kappa shape index (κ2) is 19.0. The number of hydrogen-bond acceptors (Lipinski definition) is 14. The number of aromatic nitrogens is 3. The van der Waals surface area contributed by atoms with Gasteiger partial charge in [0.1, 0.15) is 35.4 Å². The lowest BCUT2D eigenvalue weighted by molar-refractivity contribution is -0.136. The van der Waals surface area contributed by atoms with Gasteiger partial charge in [-0.25, -0.2) is 4.39 Å². The second-order valence-electron chi connectivity index (χ2n) is 21.5. The average Bonchev–Trinajstić information content (AvgIpc) is 3.86. The quantitative estimate of drug-likeness (QED) is 0.130. The third-order valence-corrected chi connectivity index (χ3v) is 17.2. The van der Waals surface area contributed by atoms with Crippen LogP contribution in [0.15, 0.2) is 54.7 Å². The number of aromatic hydroxyl groups is 1. The Morgan fingerprint density at radius 2 is 1.54 bits per heavy atom. The smallest absolute Gasteiger partial charge is 0.319 e. The predicted octanol–water partition coefficient (Wildman–Crippen LogP) is 6.07. The van der Waals surface area contributed by atoms with Crippen LogP contribution in [0.5, 0.6) is 11.8 Å². The molecule has 3 N–H and O–H groups in total. The molecule has 3 atom stereocenters. The summed E-state index contributed by atoms with van der Waals surface area (Å²) in [6.07, 6.45) is 11.7. The van der Waals surface area contributed by atoms with Gasteiger partial charge in [-0.05, 0) is 148 Å². The van der Waals surface area contributed by atoms with Gasteiger partial charge in [0.05, 0.1) is 16.5 Å². The van der Waals surface area contributed by atoms with E-state index in [1.807, 2.05) is 24.3 Å². The van der Waals surface area contributed by atoms with Crippen molar-refractivity contribution < 1.29 is 33.4 Å². The molecule has 2 aromatic heterocycles. The molecule has 0 aliphatic carbocycles. The fourth-order valence-corrected chi connectivity index (χ4v) is 13.1. The number of piperazine rings is 1. The molecule has 5 aromatic rings. The van der Waals surface area contributed by atoms with Gasteiger partial charge in [-0.2, -0.15) is 9.97 Å². The van der Waals surface area contributed by atoms with E-state index in [-0.39, 0.29) is 41.7 Å². The third-order valence-electron chi connectivity index (χ3n) is 17.2. The molecular weight excluding hydrogens is 916 g/mol. The van der Waals surface area contributed by atoms with Gasteiger partial charge in [0.2, 0.25) is 11.8 Å². The van der Waals surface area contributed by atoms with E-state index in [1.54, 1.807) is 30.5 Å². The lowest BCUT2D eigenvalue weighted by atomic mass is 9.71. The standard InChI is InChI=1S/C55H63FN10O6/c1-2-34-4-3-5-35-26-39(67)28-42(46(34)35)48-47(56)49-43(29-57-48)50(65-31-36-6-7-37(32-65)58-36)61-54(60-49)72-25-24-62-20-14-55(15-21-62)16-22-63(23-17-55)30-33-12-18-64(19-13-33)38-8-9-40-41(27-38)53(71)66(52(40)70)44-10-11-45(68)59-51(44)69/h3-5,8-9,26-29,33,36-37,44,58,67H,2,6-7,10-25,30-32H2,1H3,(H,59,68,69). The number of likely N-dealkylation sites (tertiary alicyclic amines) is 2. The van der Waals surface area contributed by atoms with Gasteiger partial charge < -0.3 is 29.9 Å². The van der Waals surface area contributed by atoms with Crippen molar-refractivity contribution in [1.29, 1.82) is 0 Å². The first-order valence-corrected chi connectivity index (χ1v) is 26.3. The maximum atomic E-state index is 17.1. The van der Waals surface area contributed by atoms with Crippen LogP contribution < -0.4 is 25.2 Å². The Morgan fingerprint density at radius 3 is 2.28 bits per heavy atom. The van der Waals surface area contributed by atoms with Crippen molar-refractivity contribution in [1.82, 2.24) is 40.3 Å². The van der Waals surface area contributed by atoms with Crippen LogP contribution in [-0.2, 0) is 16.0 Å². The number of aryl methyl sites for hydroxylation is 1. The van der Waals surface area contributed by atoms with E-state index in [1.165, 1.54) is 12.8 Å². The highest BCUT2D eigenvalue weighted by Gasteiger charge is 2.45. The van der Waals surface area contributed by atoms with E-state index in [4.69, 9.17) is 19.7 Å². The fourth-order valence-electron chi connectivity index (χ4n) is 13.1. The number of phenolic OH excluding ortho intramolecular Hbond substituents is 1. The molecule has 4 amide bonds. The highest BCUT2D eigenvalue weighted by Crippen LogP contribution is 2.43. The summed E-state index contributed by atoms with van der Waals surface area (Å²) in [5, 5.41) is 19.0. The van der Waals surface area contributed by atoms with Gasteiger partial charge in [-0.3, -0.25) is 39.3 Å². The normalized spacial score (nSPS) is 24.0. The summed E-state index contributed by atoms with van der Waals surface area (Å²) >= 11 is 0. The maximum Gasteiger partial charge on any atom is 0.319 e. The van der Waals surface area contributed by atoms with Crippen LogP contribution in [0.2, 0.25) is 0 Å². The van der Waals surface area contributed by atoms with Crippen molar-refractivity contribution in [2.45, 2.75) is 95.7 Å². The van der Waals surface area contributed by atoms with Gasteiger partial charge in [0.15, 0.2) is 5.82 Å². The molecule has 3 unspecified atom stereocenters. The lowest BCUT2D eigenvalue weighted by Gasteiger charge is -2.47. The Hall–Kier alpha value is -6.30. The van der Waals surface area contributed by atoms with Crippen LogP contribution in [0.4, 0.5) is 15.9 Å². The number of fused-ring (bicyclic) bond motifs is 5. The van der Waals surface area contributed by atoms with Crippen molar-refractivity contribution in [3.05, 3.63) is 77.2 Å². The second-order valence-corrected chi connectivity index (χ2v) is 21.5. The fraction of sp³-hybridized carbons (Fsp3) is 0.509. The number of hydrogen-bond donors (Lipinski definition) is 3. The van der Waals surface area contributed by atoms with Crippen LogP contribution >= 0.6 is 0 Å². The summed E-state index contributed by atoms with van der Waals surface area (Å²) in [6, 6.07) is 14.5. The molecule has 3 aromatic carbocycles. The zero-order valence-corrected chi connectivity index (χ0v) is 41.0. The first-order chi connectivity index (χ1) is 35.0. The number of pyridine rings is 1. The van der Waals surface area contributed by atoms with Crippen molar-refractivity contribution >= 4 is 56.8 Å². The van der Waals surface area contributed by atoms with E-state index >= 15 is 4.39 Å². The SMILES string of the molecule is CCc1cccc2cc(O)cc(-c3ncc4c(N5CC6CCC(C5)N6)nc(OCCN5CCC6(CC5)CCN(CC5CCN(c7ccc8c(c7)C(=O)N(C7CCC(=O)NC7=O)C8=O)CC5)CC6)nc4c3F)c12. The molecule has 9 heterocycles. The number of rotatable bonds is 11. The number of imide groups is 2. The first kappa shape index (κ1) is 46.8. The summed E-state index contributed by atoms with van der Waals surface area (Å²) in [4.78, 5) is 76.0. The molecule has 12 rings (SSSR count). The minimum atomic E-state index is -0.970. The van der Waals surface area contributed by atoms with Gasteiger partial charge in [0, 0.05) is 75.2 Å². The Balaban J connectivity index is 0.645. The number of carbonyl (C=O) groups excluding carboxylic acids is 4. The number of benzene rings is 3. The lowest BCUT2D eigenvalue weighted by Crippen LogP contribution is -2.54. The number of amides is 4. The summed E-state index contributed by atoms with van der Waals surface area (Å²) in [7, 11) is 0. The van der Waals surface area contributed by atoms with Gasteiger partial charge in [-0.15, -0.1) is 0 Å². The minimum Gasteiger partial charge on any atom is -0.508 e. The molecule has 16 nitrogen and oxygen atoms in total. The number of nitrogens with one attached hydrogen (secondary N) is 2.